The highest BCUT2D eigenvalue weighted by molar-refractivity contribution is 7.92. The zero-order chi connectivity index (χ0) is 22.3. The maximum absolute atomic E-state index is 13.0. The largest absolute Gasteiger partial charge is 0.616 e. The van der Waals surface area contributed by atoms with Gasteiger partial charge in [0.25, 0.3) is 5.91 Å². The van der Waals surface area contributed by atoms with Crippen LogP contribution in [0.1, 0.15) is 19.0 Å². The van der Waals surface area contributed by atoms with E-state index >= 15 is 0 Å². The SMILES string of the molecule is CCN(C(=O)C(C[S+]([O-])CCC(F)(F)F)=NOC)c1cn(-c2cccnc2)nc1C. The molecular formula is C18H22F3N5O3S. The molecule has 0 spiro atoms. The number of aromatic nitrogens is 3. The molecule has 8 nitrogen and oxygen atoms in total. The van der Waals surface area contributed by atoms with Gasteiger partial charge in [-0.1, -0.05) is 5.16 Å². The molecule has 1 atom stereocenters. The van der Waals surface area contributed by atoms with E-state index in [0.717, 1.165) is 0 Å². The van der Waals surface area contributed by atoms with Crippen molar-refractivity contribution in [3.05, 3.63) is 36.4 Å². The molecule has 0 aliphatic carbocycles. The first-order chi connectivity index (χ1) is 14.2. The third-order valence-corrected chi connectivity index (χ3v) is 5.25. The molecule has 2 aromatic rings. The number of aryl methyl sites for hydroxylation is 1. The number of oxime groups is 1. The van der Waals surface area contributed by atoms with Gasteiger partial charge in [-0.05, 0) is 37.2 Å². The Labute approximate surface area is 174 Å². The monoisotopic (exact) mass is 445 g/mol. The van der Waals surface area contributed by atoms with E-state index < -0.39 is 41.2 Å². The highest BCUT2D eigenvalue weighted by atomic mass is 32.2. The summed E-state index contributed by atoms with van der Waals surface area (Å²) in [5.41, 5.74) is 1.49. The third kappa shape index (κ3) is 6.46. The number of nitrogens with zero attached hydrogens (tertiary/aromatic N) is 5. The number of carbonyl (C=O) groups is 1. The molecule has 2 rings (SSSR count). The minimum Gasteiger partial charge on any atom is -0.616 e. The topological polar surface area (TPSA) is 95.7 Å². The lowest BCUT2D eigenvalue weighted by atomic mass is 10.3. The predicted octanol–water partition coefficient (Wildman–Crippen LogP) is 2.63. The lowest BCUT2D eigenvalue weighted by Crippen LogP contribution is -2.40. The number of pyridine rings is 1. The van der Waals surface area contributed by atoms with Gasteiger partial charge in [0.2, 0.25) is 0 Å². The maximum atomic E-state index is 13.0. The van der Waals surface area contributed by atoms with Crippen LogP contribution in [0.3, 0.4) is 0 Å². The third-order valence-electron chi connectivity index (χ3n) is 3.99. The van der Waals surface area contributed by atoms with E-state index in [1.807, 2.05) is 0 Å². The van der Waals surface area contributed by atoms with E-state index in [9.17, 15) is 22.5 Å². The Kier molecular flexibility index (Phi) is 8.24. The van der Waals surface area contributed by atoms with E-state index in [-0.39, 0.29) is 12.3 Å². The van der Waals surface area contributed by atoms with Crippen LogP contribution in [-0.2, 0) is 20.8 Å². The van der Waals surface area contributed by atoms with E-state index in [2.05, 4.69) is 20.1 Å². The number of alkyl halides is 3. The van der Waals surface area contributed by atoms with Crippen molar-refractivity contribution >= 4 is 28.5 Å². The van der Waals surface area contributed by atoms with Gasteiger partial charge in [-0.3, -0.25) is 9.78 Å². The van der Waals surface area contributed by atoms with Crippen LogP contribution in [0.15, 0.2) is 35.9 Å². The summed E-state index contributed by atoms with van der Waals surface area (Å²) in [4.78, 5) is 23.1. The molecule has 2 heterocycles. The fourth-order valence-electron chi connectivity index (χ4n) is 2.61. The van der Waals surface area contributed by atoms with Gasteiger partial charge in [0.15, 0.2) is 11.5 Å². The van der Waals surface area contributed by atoms with Crippen LogP contribution in [0.5, 0.6) is 0 Å². The lowest BCUT2D eigenvalue weighted by molar-refractivity contribution is -0.129. The Balaban J connectivity index is 2.22. The first kappa shape index (κ1) is 23.7. The predicted molar refractivity (Wildman–Crippen MR) is 107 cm³/mol. The van der Waals surface area contributed by atoms with Gasteiger partial charge >= 0.3 is 6.18 Å². The number of amides is 1. The molecule has 0 aliphatic rings. The molecule has 0 saturated heterocycles. The summed E-state index contributed by atoms with van der Waals surface area (Å²) in [6.07, 6.45) is -0.766. The highest BCUT2D eigenvalue weighted by Gasteiger charge is 2.32. The van der Waals surface area contributed by atoms with Crippen molar-refractivity contribution in [3.63, 3.8) is 0 Å². The second kappa shape index (κ2) is 10.4. The Hall–Kier alpha value is -2.60. The highest BCUT2D eigenvalue weighted by Crippen LogP contribution is 2.23. The molecule has 0 aromatic carbocycles. The Bertz CT molecular complexity index is 874. The summed E-state index contributed by atoms with van der Waals surface area (Å²) < 4.78 is 50.7. The van der Waals surface area contributed by atoms with Gasteiger partial charge in [-0.15, -0.1) is 0 Å². The average Bonchev–Trinajstić information content (AvgIpc) is 3.08. The number of anilines is 1. The molecule has 12 heteroatoms. The van der Waals surface area contributed by atoms with Crippen molar-refractivity contribution < 1.29 is 27.4 Å². The van der Waals surface area contributed by atoms with E-state index in [1.165, 1.54) is 12.0 Å². The molecule has 164 valence electrons. The summed E-state index contributed by atoms with van der Waals surface area (Å²) in [5.74, 6) is -1.69. The van der Waals surface area contributed by atoms with Crippen molar-refractivity contribution in [3.8, 4) is 5.69 Å². The van der Waals surface area contributed by atoms with Crippen LogP contribution in [0.25, 0.3) is 5.69 Å². The Morgan fingerprint density at radius 3 is 2.73 bits per heavy atom. The molecule has 30 heavy (non-hydrogen) atoms. The number of rotatable bonds is 9. The molecule has 0 bridgehead atoms. The summed E-state index contributed by atoms with van der Waals surface area (Å²) >= 11 is -1.93. The first-order valence-electron chi connectivity index (χ1n) is 8.96. The van der Waals surface area contributed by atoms with Gasteiger partial charge in [0.05, 0.1) is 35.9 Å². The summed E-state index contributed by atoms with van der Waals surface area (Å²) in [6.45, 7) is 3.67. The van der Waals surface area contributed by atoms with Crippen molar-refractivity contribution in [1.82, 2.24) is 14.8 Å². The fourth-order valence-corrected chi connectivity index (χ4v) is 3.69. The minimum atomic E-state index is -4.42. The van der Waals surface area contributed by atoms with E-state index in [4.69, 9.17) is 0 Å². The van der Waals surface area contributed by atoms with Gasteiger partial charge < -0.3 is 14.3 Å². The average molecular weight is 445 g/mol. The van der Waals surface area contributed by atoms with Gasteiger partial charge in [-0.25, -0.2) is 4.68 Å². The van der Waals surface area contributed by atoms with Crippen LogP contribution in [0, 0.1) is 6.92 Å². The molecule has 0 saturated carbocycles. The molecule has 2 aromatic heterocycles. The van der Waals surface area contributed by atoms with Crippen LogP contribution in [-0.4, -0.2) is 62.3 Å². The number of carbonyl (C=O) groups excluding carboxylic acids is 1. The van der Waals surface area contributed by atoms with Crippen LogP contribution < -0.4 is 4.90 Å². The molecule has 1 unspecified atom stereocenters. The Morgan fingerprint density at radius 2 is 2.17 bits per heavy atom. The Morgan fingerprint density at radius 1 is 1.43 bits per heavy atom. The second-order valence-corrected chi connectivity index (χ2v) is 7.76. The molecular weight excluding hydrogens is 423 g/mol. The van der Waals surface area contributed by atoms with Gasteiger partial charge in [-0.2, -0.15) is 18.3 Å². The number of hydrogen-bond acceptors (Lipinski definition) is 6. The smallest absolute Gasteiger partial charge is 0.393 e. The molecule has 1 amide bonds. The molecule has 0 aliphatic heterocycles. The zero-order valence-corrected chi connectivity index (χ0v) is 17.5. The maximum Gasteiger partial charge on any atom is 0.393 e. The molecule has 0 fully saturated rings. The van der Waals surface area contributed by atoms with Crippen LogP contribution in [0.2, 0.25) is 0 Å². The van der Waals surface area contributed by atoms with Crippen molar-refractivity contribution in [2.24, 2.45) is 5.16 Å². The standard InChI is InChI=1S/C18H22F3N5O3S/c1-4-25(16-11-26(23-13(16)2)14-6-5-8-22-10-14)17(27)15(24-29-3)12-30(28)9-7-18(19,20)21/h5-6,8,10-11H,4,7,9,12H2,1-3H3. The number of halogens is 3. The lowest BCUT2D eigenvalue weighted by Gasteiger charge is -2.21. The van der Waals surface area contributed by atoms with Gasteiger partial charge in [0.1, 0.15) is 12.9 Å². The fraction of sp³-hybridized carbons (Fsp3) is 0.444. The minimum absolute atomic E-state index is 0.228. The van der Waals surface area contributed by atoms with Crippen molar-refractivity contribution in [2.75, 3.05) is 30.1 Å². The summed E-state index contributed by atoms with van der Waals surface area (Å²) in [7, 11) is 1.20. The second-order valence-electron chi connectivity index (χ2n) is 6.18. The number of hydrogen-bond donors (Lipinski definition) is 0. The van der Waals surface area contributed by atoms with E-state index in [0.29, 0.717) is 17.1 Å². The van der Waals surface area contributed by atoms with Gasteiger partial charge in [0, 0.05) is 12.7 Å². The zero-order valence-electron chi connectivity index (χ0n) is 16.7. The van der Waals surface area contributed by atoms with Crippen molar-refractivity contribution in [1.29, 1.82) is 0 Å². The summed E-state index contributed by atoms with van der Waals surface area (Å²) in [6, 6.07) is 3.54. The first-order valence-corrected chi connectivity index (χ1v) is 10.4. The molecule has 0 N–H and O–H groups in total. The normalized spacial score (nSPS) is 13.2. The van der Waals surface area contributed by atoms with Crippen molar-refractivity contribution in [2.45, 2.75) is 26.4 Å². The summed E-state index contributed by atoms with van der Waals surface area (Å²) in [5, 5.41) is 7.99. The quantitative estimate of drug-likeness (QED) is 0.336. The van der Waals surface area contributed by atoms with E-state index in [1.54, 1.807) is 49.3 Å². The molecule has 0 radical (unpaired) electrons. The van der Waals surface area contributed by atoms with Crippen LogP contribution in [0.4, 0.5) is 18.9 Å². The van der Waals surface area contributed by atoms with Crippen LogP contribution >= 0.6 is 0 Å².